The van der Waals surface area contributed by atoms with Gasteiger partial charge in [-0.15, -0.1) is 12.4 Å². The van der Waals surface area contributed by atoms with Crippen LogP contribution in [0.3, 0.4) is 0 Å². The van der Waals surface area contributed by atoms with Crippen molar-refractivity contribution >= 4 is 40.8 Å². The molecule has 2 bridgehead atoms. The fourth-order valence-corrected chi connectivity index (χ4v) is 5.01. The fourth-order valence-electron chi connectivity index (χ4n) is 4.81. The number of halogens is 2. The molecule has 6 rings (SSSR count). The molecular weight excluding hydrogens is 361 g/mol. The Kier molecular flexibility index (Phi) is 4.29. The van der Waals surface area contributed by atoms with Gasteiger partial charge in [-0.2, -0.15) is 0 Å². The van der Waals surface area contributed by atoms with Crippen LogP contribution in [0.5, 0.6) is 5.75 Å². The molecule has 0 amide bonds. The average molecular weight is 384 g/mol. The molecule has 3 saturated heterocycles. The SMILES string of the molecule is CCOc1c(Cl)ccc2c(N[C@@H]3C4CCN(CC4)C34CC4)noc12.Cl. The predicted octanol–water partition coefficient (Wildman–Crippen LogP) is 4.34. The molecule has 4 fully saturated rings. The summed E-state index contributed by atoms with van der Waals surface area (Å²) in [6.07, 6.45) is 5.16. The van der Waals surface area contributed by atoms with E-state index < -0.39 is 0 Å². The zero-order valence-corrected chi connectivity index (χ0v) is 15.8. The topological polar surface area (TPSA) is 50.5 Å². The van der Waals surface area contributed by atoms with Gasteiger partial charge in [0.2, 0.25) is 5.58 Å². The summed E-state index contributed by atoms with van der Waals surface area (Å²) in [6, 6.07) is 4.31. The smallest absolute Gasteiger partial charge is 0.212 e. The van der Waals surface area contributed by atoms with Crippen molar-refractivity contribution in [3.8, 4) is 5.75 Å². The van der Waals surface area contributed by atoms with Crippen LogP contribution in [0.2, 0.25) is 5.02 Å². The summed E-state index contributed by atoms with van der Waals surface area (Å²) in [5.74, 6) is 2.16. The average Bonchev–Trinajstić information content (AvgIpc) is 3.28. The van der Waals surface area contributed by atoms with Crippen LogP contribution in [0.4, 0.5) is 5.82 Å². The third-order valence-electron chi connectivity index (χ3n) is 6.11. The van der Waals surface area contributed by atoms with Crippen molar-refractivity contribution in [2.75, 3.05) is 25.0 Å². The molecule has 7 heteroatoms. The summed E-state index contributed by atoms with van der Waals surface area (Å²) in [5, 5.41) is 9.56. The number of nitrogens with one attached hydrogen (secondary N) is 1. The second kappa shape index (κ2) is 6.22. The summed E-state index contributed by atoms with van der Waals surface area (Å²) in [6.45, 7) is 5.00. The molecular formula is C18H23Cl2N3O2. The van der Waals surface area contributed by atoms with Crippen LogP contribution in [-0.2, 0) is 0 Å². The first-order valence-electron chi connectivity index (χ1n) is 8.95. The largest absolute Gasteiger partial charge is 0.488 e. The molecule has 0 radical (unpaired) electrons. The van der Waals surface area contributed by atoms with E-state index in [1.807, 2.05) is 19.1 Å². The Labute approximate surface area is 158 Å². The monoisotopic (exact) mass is 383 g/mol. The van der Waals surface area contributed by atoms with Gasteiger partial charge < -0.3 is 14.6 Å². The molecule has 4 heterocycles. The standard InChI is InChI=1S/C18H22ClN3O2.ClH/c1-2-23-15-13(19)4-3-12-14(15)24-21-17(12)20-16-11-5-9-22(10-6-11)18(16)7-8-18;/h3-4,11,16H,2,5-10H2,1H3,(H,20,21);1H/t16-;/m1./s1. The molecule has 0 unspecified atom stereocenters. The Balaban J connectivity index is 0.00000157. The summed E-state index contributed by atoms with van der Waals surface area (Å²) in [7, 11) is 0. The van der Waals surface area contributed by atoms with E-state index in [4.69, 9.17) is 20.9 Å². The number of piperidine rings is 3. The van der Waals surface area contributed by atoms with Crippen molar-refractivity contribution in [3.05, 3.63) is 17.2 Å². The van der Waals surface area contributed by atoms with Gasteiger partial charge in [0.05, 0.1) is 17.0 Å². The number of nitrogens with zero attached hydrogens (tertiary/aromatic N) is 2. The number of hydrogen-bond donors (Lipinski definition) is 1. The normalized spacial score (nSPS) is 28.8. The van der Waals surface area contributed by atoms with Gasteiger partial charge in [-0.25, -0.2) is 0 Å². The van der Waals surface area contributed by atoms with Crippen LogP contribution >= 0.6 is 24.0 Å². The second-order valence-corrected chi connectivity index (χ2v) is 7.67. The molecule has 1 saturated carbocycles. The minimum absolute atomic E-state index is 0. The number of rotatable bonds is 4. The summed E-state index contributed by atoms with van der Waals surface area (Å²) < 4.78 is 11.2. The lowest BCUT2D eigenvalue weighted by molar-refractivity contribution is 0.0202. The highest BCUT2D eigenvalue weighted by atomic mass is 35.5. The quantitative estimate of drug-likeness (QED) is 0.850. The number of hydrogen-bond acceptors (Lipinski definition) is 5. The van der Waals surface area contributed by atoms with Crippen molar-refractivity contribution in [2.24, 2.45) is 5.92 Å². The molecule has 25 heavy (non-hydrogen) atoms. The van der Waals surface area contributed by atoms with Crippen molar-refractivity contribution in [1.82, 2.24) is 10.1 Å². The Bertz CT molecular complexity index is 782. The Morgan fingerprint density at radius 1 is 1.36 bits per heavy atom. The van der Waals surface area contributed by atoms with E-state index in [2.05, 4.69) is 15.4 Å². The number of aromatic nitrogens is 1. The number of benzene rings is 1. The first-order chi connectivity index (χ1) is 11.7. The van der Waals surface area contributed by atoms with Gasteiger partial charge in [0.1, 0.15) is 0 Å². The maximum atomic E-state index is 6.25. The molecule has 1 atom stereocenters. The van der Waals surface area contributed by atoms with E-state index >= 15 is 0 Å². The van der Waals surface area contributed by atoms with Crippen molar-refractivity contribution < 1.29 is 9.26 Å². The molecule has 1 aromatic heterocycles. The van der Waals surface area contributed by atoms with Gasteiger partial charge in [-0.1, -0.05) is 16.8 Å². The number of anilines is 1. The van der Waals surface area contributed by atoms with Crippen molar-refractivity contribution in [2.45, 2.75) is 44.2 Å². The Morgan fingerprint density at radius 3 is 2.80 bits per heavy atom. The van der Waals surface area contributed by atoms with Crippen LogP contribution in [-0.4, -0.2) is 41.3 Å². The highest BCUT2D eigenvalue weighted by Crippen LogP contribution is 2.54. The first kappa shape index (κ1) is 17.3. The summed E-state index contributed by atoms with van der Waals surface area (Å²) in [4.78, 5) is 2.69. The minimum atomic E-state index is 0. The van der Waals surface area contributed by atoms with Gasteiger partial charge >= 0.3 is 0 Å². The minimum Gasteiger partial charge on any atom is -0.488 e. The molecule has 1 spiro atoms. The number of ether oxygens (including phenoxy) is 1. The van der Waals surface area contributed by atoms with Gasteiger partial charge in [0.25, 0.3) is 0 Å². The van der Waals surface area contributed by atoms with E-state index in [0.717, 1.165) is 17.1 Å². The molecule has 3 aliphatic heterocycles. The van der Waals surface area contributed by atoms with Crippen LogP contribution in [0, 0.1) is 5.92 Å². The zero-order chi connectivity index (χ0) is 16.3. The molecule has 4 aliphatic rings. The van der Waals surface area contributed by atoms with Gasteiger partial charge in [-0.3, -0.25) is 4.90 Å². The number of fused-ring (bicyclic) bond motifs is 3. The lowest BCUT2D eigenvalue weighted by atomic mass is 9.77. The van der Waals surface area contributed by atoms with Crippen LogP contribution in [0.25, 0.3) is 11.0 Å². The van der Waals surface area contributed by atoms with E-state index in [1.54, 1.807) is 0 Å². The second-order valence-electron chi connectivity index (χ2n) is 7.27. The highest BCUT2D eigenvalue weighted by molar-refractivity contribution is 6.33. The summed E-state index contributed by atoms with van der Waals surface area (Å²) >= 11 is 6.25. The first-order valence-corrected chi connectivity index (χ1v) is 9.33. The molecule has 1 N–H and O–H groups in total. The third-order valence-corrected chi connectivity index (χ3v) is 6.41. The van der Waals surface area contributed by atoms with Crippen molar-refractivity contribution in [3.63, 3.8) is 0 Å². The lowest BCUT2D eigenvalue weighted by Crippen LogP contribution is -2.62. The fraction of sp³-hybridized carbons (Fsp3) is 0.611. The Hall–Kier alpha value is -1.17. The van der Waals surface area contributed by atoms with Crippen LogP contribution in [0.1, 0.15) is 32.6 Å². The molecule has 2 aromatic rings. The third kappa shape index (κ3) is 2.51. The molecule has 5 nitrogen and oxygen atoms in total. The van der Waals surface area contributed by atoms with E-state index in [-0.39, 0.29) is 12.4 Å². The molecule has 1 aromatic carbocycles. The van der Waals surface area contributed by atoms with Gasteiger partial charge in [-0.05, 0) is 63.7 Å². The van der Waals surface area contributed by atoms with Gasteiger partial charge in [0.15, 0.2) is 11.6 Å². The van der Waals surface area contributed by atoms with E-state index in [9.17, 15) is 0 Å². The van der Waals surface area contributed by atoms with Crippen molar-refractivity contribution in [1.29, 1.82) is 0 Å². The van der Waals surface area contributed by atoms with Crippen LogP contribution < -0.4 is 10.1 Å². The lowest BCUT2D eigenvalue weighted by Gasteiger charge is -2.52. The van der Waals surface area contributed by atoms with E-state index in [1.165, 1.54) is 38.8 Å². The Morgan fingerprint density at radius 2 is 2.12 bits per heavy atom. The maximum absolute atomic E-state index is 6.25. The predicted molar refractivity (Wildman–Crippen MR) is 101 cm³/mol. The van der Waals surface area contributed by atoms with E-state index in [0.29, 0.717) is 34.5 Å². The maximum Gasteiger partial charge on any atom is 0.212 e. The highest BCUT2D eigenvalue weighted by Gasteiger charge is 2.60. The molecule has 1 aliphatic carbocycles. The zero-order valence-electron chi connectivity index (χ0n) is 14.3. The van der Waals surface area contributed by atoms with Crippen LogP contribution in [0.15, 0.2) is 16.7 Å². The molecule has 136 valence electrons. The summed E-state index contributed by atoms with van der Waals surface area (Å²) in [5.41, 5.74) is 1.000. The van der Waals surface area contributed by atoms with Gasteiger partial charge in [0, 0.05) is 11.6 Å².